The zero-order valence-electron chi connectivity index (χ0n) is 14.2. The zero-order chi connectivity index (χ0) is 17.8. The third-order valence-corrected chi connectivity index (χ3v) is 4.52. The first-order valence-electron chi connectivity index (χ1n) is 7.54. The molecule has 0 aromatic heterocycles. The van der Waals surface area contributed by atoms with Crippen LogP contribution in [-0.2, 0) is 20.8 Å². The van der Waals surface area contributed by atoms with Gasteiger partial charge in [-0.3, -0.25) is 13.7 Å². The first-order valence-corrected chi connectivity index (χ1v) is 8.60. The van der Waals surface area contributed by atoms with Crippen LogP contribution in [0.1, 0.15) is 41.0 Å². The number of morpholine rings is 1. The third-order valence-electron chi connectivity index (χ3n) is 3.65. The summed E-state index contributed by atoms with van der Waals surface area (Å²) in [5, 5.41) is 12.2. The first-order chi connectivity index (χ1) is 10.6. The van der Waals surface area contributed by atoms with E-state index in [-0.39, 0.29) is 12.1 Å². The molecule has 1 aliphatic heterocycles. The molecule has 132 valence electrons. The number of nitrogens with zero attached hydrogens (tertiary/aromatic N) is 1. The van der Waals surface area contributed by atoms with E-state index in [0.717, 1.165) is 0 Å². The molecule has 3 N–H and O–H groups in total. The van der Waals surface area contributed by atoms with E-state index < -0.39 is 22.8 Å². The molecule has 0 aromatic carbocycles. The summed E-state index contributed by atoms with van der Waals surface area (Å²) in [7, 11) is 0. The number of carbonyl (C=O) groups is 1. The summed E-state index contributed by atoms with van der Waals surface area (Å²) in [6.45, 7) is 8.49. The van der Waals surface area contributed by atoms with E-state index in [1.54, 1.807) is 32.9 Å². The summed E-state index contributed by atoms with van der Waals surface area (Å²) in [4.78, 5) is 11.7. The Labute approximate surface area is 139 Å². The third kappa shape index (κ3) is 4.79. The number of aliphatic hydroxyl groups is 1. The molecule has 0 aromatic rings. The molecular formula is C15H26N2O5S. The zero-order valence-corrected chi connectivity index (χ0v) is 15.0. The second-order valence-electron chi connectivity index (χ2n) is 5.88. The van der Waals surface area contributed by atoms with E-state index in [4.69, 9.17) is 4.74 Å². The van der Waals surface area contributed by atoms with Gasteiger partial charge in [-0.2, -0.15) is 0 Å². The van der Waals surface area contributed by atoms with Gasteiger partial charge in [-0.15, -0.1) is 0 Å². The highest BCUT2D eigenvalue weighted by Gasteiger charge is 2.37. The van der Waals surface area contributed by atoms with E-state index in [0.29, 0.717) is 24.4 Å². The minimum atomic E-state index is -2.17. The average Bonchev–Trinajstić information content (AvgIpc) is 2.46. The summed E-state index contributed by atoms with van der Waals surface area (Å²) in [5.74, 6) is 0.0655. The summed E-state index contributed by atoms with van der Waals surface area (Å²) in [5.41, 5.74) is -0.873. The highest BCUT2D eigenvalue weighted by Crippen LogP contribution is 2.31. The molecule has 7 nitrogen and oxygen atoms in total. The molecule has 1 fully saturated rings. The molecule has 0 saturated carbocycles. The molecule has 0 aliphatic carbocycles. The van der Waals surface area contributed by atoms with Gasteiger partial charge in [0.15, 0.2) is 0 Å². The number of ether oxygens (including phenoxy) is 1. The van der Waals surface area contributed by atoms with Crippen molar-refractivity contribution in [3.8, 4) is 0 Å². The molecule has 3 atom stereocenters. The number of allylic oxidation sites excluding steroid dienone is 2. The fourth-order valence-electron chi connectivity index (χ4n) is 2.36. The molecule has 2 unspecified atom stereocenters. The summed E-state index contributed by atoms with van der Waals surface area (Å²) < 4.78 is 28.5. The first kappa shape index (κ1) is 19.7. The predicted molar refractivity (Wildman–Crippen MR) is 88.4 cm³/mol. The Morgan fingerprint density at radius 2 is 2.04 bits per heavy atom. The Balaban J connectivity index is 2.80. The topological polar surface area (TPSA) is 99.1 Å². The van der Waals surface area contributed by atoms with Crippen molar-refractivity contribution in [3.05, 3.63) is 23.6 Å². The maximum atomic E-state index is 11.7. The number of hydrogen-bond acceptors (Lipinski definition) is 4. The monoisotopic (exact) mass is 346 g/mol. The maximum Gasteiger partial charge on any atom is 0.262 e. The van der Waals surface area contributed by atoms with Crippen LogP contribution < -0.4 is 5.32 Å². The number of rotatable bonds is 5. The lowest BCUT2D eigenvalue weighted by atomic mass is 10.0. The van der Waals surface area contributed by atoms with E-state index in [1.165, 1.54) is 18.2 Å². The largest absolute Gasteiger partial charge is 0.486 e. The van der Waals surface area contributed by atoms with Crippen LogP contribution in [0, 0.1) is 0 Å². The van der Waals surface area contributed by atoms with Gasteiger partial charge in [0.25, 0.3) is 17.2 Å². The predicted octanol–water partition coefficient (Wildman–Crippen LogP) is 1.30. The van der Waals surface area contributed by atoms with Crippen molar-refractivity contribution in [2.24, 2.45) is 0 Å². The lowest BCUT2D eigenvalue weighted by molar-refractivity contribution is -0.136. The number of carbonyl (C=O) groups excluding carboxylic acids is 1. The van der Waals surface area contributed by atoms with E-state index in [1.807, 2.05) is 0 Å². The van der Waals surface area contributed by atoms with Crippen molar-refractivity contribution >= 4 is 17.2 Å². The van der Waals surface area contributed by atoms with E-state index >= 15 is 0 Å². The Kier molecular flexibility index (Phi) is 6.79. The quantitative estimate of drug-likeness (QED) is 0.652. The van der Waals surface area contributed by atoms with Crippen molar-refractivity contribution in [1.82, 2.24) is 9.62 Å². The van der Waals surface area contributed by atoms with Crippen molar-refractivity contribution in [1.29, 1.82) is 0 Å². The molecule has 0 radical (unpaired) electrons. The lowest BCUT2D eigenvalue weighted by Gasteiger charge is -2.41. The SMILES string of the molecule is C/C=C1/OC(CCNC(=O)C(C)(C)O)[C@@H](C)N(S(=O)O)/C1=C/C. The van der Waals surface area contributed by atoms with Gasteiger partial charge >= 0.3 is 0 Å². The molecule has 1 aliphatic rings. The van der Waals surface area contributed by atoms with Gasteiger partial charge in [-0.1, -0.05) is 6.08 Å². The molecule has 0 spiro atoms. The van der Waals surface area contributed by atoms with Gasteiger partial charge in [0, 0.05) is 13.0 Å². The standard InChI is InChI=1S/C15H26N2O5S/c1-6-11-12(7-2)22-13(10(3)17(11)23(20)21)8-9-16-14(18)15(4,5)19/h6-7,10,13,19H,8-9H2,1-5H3,(H,16,18)(H,20,21)/b11-6+,12-7+/t10-,13?/m1/s1. The maximum absolute atomic E-state index is 11.7. The molecule has 23 heavy (non-hydrogen) atoms. The average molecular weight is 346 g/mol. The number of nitrogens with one attached hydrogen (secondary N) is 1. The van der Waals surface area contributed by atoms with Crippen LogP contribution in [0.2, 0.25) is 0 Å². The van der Waals surface area contributed by atoms with Crippen LogP contribution in [0.15, 0.2) is 23.6 Å². The van der Waals surface area contributed by atoms with Crippen LogP contribution in [0.25, 0.3) is 0 Å². The highest BCUT2D eigenvalue weighted by atomic mass is 32.2. The van der Waals surface area contributed by atoms with Crippen molar-refractivity contribution in [3.63, 3.8) is 0 Å². The number of hydrogen-bond donors (Lipinski definition) is 3. The normalized spacial score (nSPS) is 27.0. The summed E-state index contributed by atoms with van der Waals surface area (Å²) in [6.07, 6.45) is 3.56. The Morgan fingerprint density at radius 3 is 2.48 bits per heavy atom. The second kappa shape index (κ2) is 7.94. The molecule has 1 rings (SSSR count). The van der Waals surface area contributed by atoms with Crippen LogP contribution in [0.5, 0.6) is 0 Å². The van der Waals surface area contributed by atoms with Crippen LogP contribution in [-0.4, -0.2) is 48.4 Å². The molecule has 1 saturated heterocycles. The van der Waals surface area contributed by atoms with E-state index in [9.17, 15) is 18.7 Å². The molecule has 1 amide bonds. The second-order valence-corrected chi connectivity index (χ2v) is 6.74. The smallest absolute Gasteiger partial charge is 0.262 e. The Bertz CT molecular complexity index is 524. The van der Waals surface area contributed by atoms with Crippen LogP contribution >= 0.6 is 0 Å². The van der Waals surface area contributed by atoms with Crippen molar-refractivity contribution < 1.29 is 23.4 Å². The van der Waals surface area contributed by atoms with Gasteiger partial charge < -0.3 is 15.2 Å². The Hall–Kier alpha value is -1.38. The molecule has 1 heterocycles. The van der Waals surface area contributed by atoms with Crippen molar-refractivity contribution in [2.75, 3.05) is 6.54 Å². The molecule has 0 bridgehead atoms. The lowest BCUT2D eigenvalue weighted by Crippen LogP contribution is -2.49. The highest BCUT2D eigenvalue weighted by molar-refractivity contribution is 7.76. The van der Waals surface area contributed by atoms with Gasteiger partial charge in [-0.25, -0.2) is 4.21 Å². The van der Waals surface area contributed by atoms with Gasteiger partial charge in [-0.05, 0) is 40.7 Å². The van der Waals surface area contributed by atoms with E-state index in [2.05, 4.69) is 5.32 Å². The number of amides is 1. The summed E-state index contributed by atoms with van der Waals surface area (Å²) >= 11 is -2.17. The summed E-state index contributed by atoms with van der Waals surface area (Å²) in [6, 6.07) is -0.338. The Morgan fingerprint density at radius 1 is 1.43 bits per heavy atom. The molecular weight excluding hydrogens is 320 g/mol. The van der Waals surface area contributed by atoms with Gasteiger partial charge in [0.1, 0.15) is 17.5 Å². The molecule has 8 heteroatoms. The fraction of sp³-hybridized carbons (Fsp3) is 0.667. The minimum Gasteiger partial charge on any atom is -0.486 e. The van der Waals surface area contributed by atoms with Crippen LogP contribution in [0.3, 0.4) is 0 Å². The van der Waals surface area contributed by atoms with Crippen molar-refractivity contribution in [2.45, 2.75) is 58.8 Å². The van der Waals surface area contributed by atoms with Crippen LogP contribution in [0.4, 0.5) is 0 Å². The van der Waals surface area contributed by atoms with Gasteiger partial charge in [0.05, 0.1) is 11.7 Å². The van der Waals surface area contributed by atoms with Gasteiger partial charge in [0.2, 0.25) is 0 Å². The minimum absolute atomic E-state index is 0.298. The fourth-order valence-corrected chi connectivity index (χ4v) is 3.14.